The second-order valence-electron chi connectivity index (χ2n) is 0.473. The molecular formula is H7Cl5FO3P. The van der Waals surface area contributed by atoms with Crippen molar-refractivity contribution in [3.05, 3.63) is 0 Å². The third-order valence-electron chi connectivity index (χ3n) is 0. The minimum Gasteiger partial charge on any atom is -0.299 e. The molecule has 0 rings (SSSR count). The first-order valence-electron chi connectivity index (χ1n) is 0.752. The molecule has 0 unspecified atom stereocenters. The summed E-state index contributed by atoms with van der Waals surface area (Å²) in [5.74, 6) is 0. The minimum absolute atomic E-state index is 0. The summed E-state index contributed by atoms with van der Waals surface area (Å²) < 4.78 is 19.0. The Balaban J connectivity index is -0.00000000800. The van der Waals surface area contributed by atoms with Gasteiger partial charge in [0, 0.05) is 0 Å². The monoisotopic (exact) mass is 280 g/mol. The fourth-order valence-electron chi connectivity index (χ4n) is 0. The summed E-state index contributed by atoms with van der Waals surface area (Å²) in [5.41, 5.74) is 0. The van der Waals surface area contributed by atoms with E-state index in [1.54, 1.807) is 0 Å². The van der Waals surface area contributed by atoms with E-state index in [-0.39, 0.29) is 62.0 Å². The van der Waals surface area contributed by atoms with Crippen LogP contribution in [0.2, 0.25) is 0 Å². The zero-order chi connectivity index (χ0) is 4.50. The van der Waals surface area contributed by atoms with Crippen LogP contribution in [0.4, 0.5) is 4.20 Å². The van der Waals surface area contributed by atoms with Gasteiger partial charge >= 0.3 is 7.91 Å². The molecule has 10 heteroatoms. The Morgan fingerprint density at radius 3 is 0.900 bits per heavy atom. The molecule has 72 valence electrons. The molecule has 0 atom stereocenters. The second kappa shape index (κ2) is 16.9. The highest BCUT2D eigenvalue weighted by molar-refractivity contribution is 7.45. The van der Waals surface area contributed by atoms with E-state index in [9.17, 15) is 4.20 Å². The molecule has 0 amide bonds. The van der Waals surface area contributed by atoms with E-state index in [4.69, 9.17) is 14.4 Å². The number of halogens is 6. The lowest BCUT2D eigenvalue weighted by Crippen LogP contribution is -1.56. The third kappa shape index (κ3) is 296. The predicted octanol–water partition coefficient (Wildman–Crippen LogP) is 2.16. The standard InChI is InChI=1S/5ClH.FH2O3P/c;;;;;1-5(2,3)4/h5*1H;(H2,2,3,4). The molecule has 3 nitrogen and oxygen atoms in total. The Labute approximate surface area is 88.5 Å². The number of hydrogen-bond donors (Lipinski definition) is 2. The number of hydrogen-bond acceptors (Lipinski definition) is 1. The van der Waals surface area contributed by atoms with Crippen LogP contribution in [0.1, 0.15) is 0 Å². The molecule has 0 spiro atoms. The average Bonchev–Trinajstić information content (AvgIpc) is 0.722. The number of rotatable bonds is 0. The maximum Gasteiger partial charge on any atom is 0.507 e. The first-order valence-corrected chi connectivity index (χ1v) is 2.25. The van der Waals surface area contributed by atoms with Gasteiger partial charge in [-0.25, -0.2) is 4.57 Å². The average molecular weight is 282 g/mol. The van der Waals surface area contributed by atoms with Gasteiger partial charge < -0.3 is 0 Å². The van der Waals surface area contributed by atoms with Crippen LogP contribution in [0.5, 0.6) is 0 Å². The van der Waals surface area contributed by atoms with Gasteiger partial charge in [-0.05, 0) is 0 Å². The van der Waals surface area contributed by atoms with Gasteiger partial charge in [0.15, 0.2) is 0 Å². The summed E-state index contributed by atoms with van der Waals surface area (Å²) in [6.45, 7) is 0. The highest BCUT2D eigenvalue weighted by Crippen LogP contribution is 2.34. The molecule has 0 saturated heterocycles. The smallest absolute Gasteiger partial charge is 0.299 e. The zero-order valence-electron chi connectivity index (χ0n) is 4.17. The van der Waals surface area contributed by atoms with Crippen LogP contribution in [0.15, 0.2) is 0 Å². The van der Waals surface area contributed by atoms with Crippen LogP contribution in [0, 0.1) is 0 Å². The van der Waals surface area contributed by atoms with Crippen LogP contribution in [0.25, 0.3) is 0 Å². The van der Waals surface area contributed by atoms with E-state index in [0.717, 1.165) is 0 Å². The van der Waals surface area contributed by atoms with Crippen molar-refractivity contribution < 1.29 is 18.5 Å². The lowest BCUT2D eigenvalue weighted by molar-refractivity contribution is 0.322. The molecule has 0 aliphatic heterocycles. The molecule has 0 aromatic heterocycles. The van der Waals surface area contributed by atoms with E-state index >= 15 is 0 Å². The van der Waals surface area contributed by atoms with E-state index in [2.05, 4.69) is 0 Å². The van der Waals surface area contributed by atoms with Gasteiger partial charge in [0.2, 0.25) is 0 Å². The first-order chi connectivity index (χ1) is 2.00. The fourth-order valence-corrected chi connectivity index (χ4v) is 0. The molecule has 0 radical (unpaired) electrons. The van der Waals surface area contributed by atoms with Gasteiger partial charge in [-0.15, -0.1) is 66.2 Å². The van der Waals surface area contributed by atoms with Gasteiger partial charge in [-0.3, -0.25) is 9.79 Å². The van der Waals surface area contributed by atoms with Crippen molar-refractivity contribution in [1.29, 1.82) is 0 Å². The van der Waals surface area contributed by atoms with Gasteiger partial charge in [0.1, 0.15) is 0 Å². The molecular weight excluding hydrogens is 275 g/mol. The van der Waals surface area contributed by atoms with Crippen molar-refractivity contribution in [2.24, 2.45) is 0 Å². The first kappa shape index (κ1) is 41.8. The van der Waals surface area contributed by atoms with Crippen molar-refractivity contribution in [3.8, 4) is 0 Å². The molecule has 0 bridgehead atoms. The molecule has 0 heterocycles. The Bertz CT molecular complexity index is 63.0. The topological polar surface area (TPSA) is 57.5 Å². The molecule has 0 aromatic carbocycles. The van der Waals surface area contributed by atoms with Crippen LogP contribution in [-0.4, -0.2) is 9.79 Å². The Morgan fingerprint density at radius 2 is 0.900 bits per heavy atom. The molecule has 0 fully saturated rings. The van der Waals surface area contributed by atoms with Crippen molar-refractivity contribution in [1.82, 2.24) is 0 Å². The molecule has 0 saturated carbocycles. The highest BCUT2D eigenvalue weighted by Gasteiger charge is 2.04. The van der Waals surface area contributed by atoms with Gasteiger partial charge in [-0.1, -0.05) is 0 Å². The van der Waals surface area contributed by atoms with Gasteiger partial charge in [0.25, 0.3) is 0 Å². The molecule has 10 heavy (non-hydrogen) atoms. The molecule has 0 aliphatic carbocycles. The summed E-state index contributed by atoms with van der Waals surface area (Å²) >= 11 is 0. The third-order valence-corrected chi connectivity index (χ3v) is 0. The summed E-state index contributed by atoms with van der Waals surface area (Å²) in [5, 5.41) is 0. The zero-order valence-corrected chi connectivity index (χ0v) is 9.15. The predicted molar refractivity (Wildman–Crippen MR) is 49.4 cm³/mol. The van der Waals surface area contributed by atoms with Crippen LogP contribution in [0.3, 0.4) is 0 Å². The lowest BCUT2D eigenvalue weighted by Gasteiger charge is -1.77. The van der Waals surface area contributed by atoms with Crippen LogP contribution in [-0.2, 0) is 4.57 Å². The van der Waals surface area contributed by atoms with E-state index in [0.29, 0.717) is 0 Å². The minimum atomic E-state index is -5.14. The van der Waals surface area contributed by atoms with E-state index in [1.807, 2.05) is 0 Å². The maximum atomic E-state index is 10.4. The Hall–Kier alpha value is 1.53. The SMILES string of the molecule is Cl.Cl.Cl.Cl.Cl.O=P(O)(O)F. The van der Waals surface area contributed by atoms with E-state index in [1.165, 1.54) is 0 Å². The summed E-state index contributed by atoms with van der Waals surface area (Å²) in [6, 6.07) is 0. The Kier molecular flexibility index (Phi) is 70.5. The lowest BCUT2D eigenvalue weighted by atomic mass is 15.8. The van der Waals surface area contributed by atoms with Gasteiger partial charge in [-0.2, -0.15) is 0 Å². The van der Waals surface area contributed by atoms with Crippen molar-refractivity contribution in [2.45, 2.75) is 0 Å². The highest BCUT2D eigenvalue weighted by atomic mass is 35.5. The second-order valence-corrected chi connectivity index (χ2v) is 1.42. The normalized spacial score (nSPS) is 5.90. The Morgan fingerprint density at radius 1 is 0.900 bits per heavy atom. The van der Waals surface area contributed by atoms with Crippen molar-refractivity contribution in [3.63, 3.8) is 0 Å². The largest absolute Gasteiger partial charge is 0.507 e. The maximum absolute atomic E-state index is 10.4. The van der Waals surface area contributed by atoms with Gasteiger partial charge in [0.05, 0.1) is 0 Å². The van der Waals surface area contributed by atoms with Crippen LogP contribution < -0.4 is 0 Å². The molecule has 0 aromatic rings. The van der Waals surface area contributed by atoms with E-state index < -0.39 is 7.91 Å². The fraction of sp³-hybridized carbons (Fsp3) is 0. The quantitative estimate of drug-likeness (QED) is 0.669. The molecule has 2 N–H and O–H groups in total. The summed E-state index contributed by atoms with van der Waals surface area (Å²) in [6.07, 6.45) is 0. The van der Waals surface area contributed by atoms with Crippen molar-refractivity contribution >= 4 is 69.9 Å². The summed E-state index contributed by atoms with van der Waals surface area (Å²) in [7, 11) is -5.14. The summed E-state index contributed by atoms with van der Waals surface area (Å²) in [4.78, 5) is 13.9. The molecule has 0 aliphatic rings. The van der Waals surface area contributed by atoms with Crippen molar-refractivity contribution in [2.75, 3.05) is 0 Å². The van der Waals surface area contributed by atoms with Crippen LogP contribution >= 0.6 is 69.9 Å².